The van der Waals surface area contributed by atoms with E-state index in [0.29, 0.717) is 52.8 Å². The third-order valence-electron chi connectivity index (χ3n) is 5.89. The van der Waals surface area contributed by atoms with Gasteiger partial charge >= 0.3 is 5.76 Å². The van der Waals surface area contributed by atoms with Crippen LogP contribution in [0.15, 0.2) is 80.4 Å². The third kappa shape index (κ3) is 4.69. The molecule has 0 radical (unpaired) electrons. The van der Waals surface area contributed by atoms with Gasteiger partial charge in [0.05, 0.1) is 5.52 Å². The first-order valence-corrected chi connectivity index (χ1v) is 11.5. The van der Waals surface area contributed by atoms with Crippen LogP contribution in [-0.2, 0) is 6.54 Å². The topological polar surface area (TPSA) is 106 Å². The predicted molar refractivity (Wildman–Crippen MR) is 137 cm³/mol. The number of carbonyl (C=O) groups is 1. The lowest BCUT2D eigenvalue weighted by atomic mass is 10.1. The predicted octanol–water partition coefficient (Wildman–Crippen LogP) is 4.43. The highest BCUT2D eigenvalue weighted by atomic mass is 16.4. The van der Waals surface area contributed by atoms with Gasteiger partial charge in [-0.05, 0) is 75.1 Å². The van der Waals surface area contributed by atoms with E-state index in [2.05, 4.69) is 15.5 Å². The van der Waals surface area contributed by atoms with Crippen LogP contribution in [-0.4, -0.2) is 46.2 Å². The Morgan fingerprint density at radius 2 is 1.72 bits per heavy atom. The number of fused-ring (bicyclic) bond motifs is 1. The van der Waals surface area contributed by atoms with Gasteiger partial charge in [0.25, 0.3) is 5.91 Å². The number of oxazole rings is 1. The van der Waals surface area contributed by atoms with Crippen molar-refractivity contribution in [2.45, 2.75) is 13.5 Å². The molecule has 0 saturated carbocycles. The van der Waals surface area contributed by atoms with E-state index in [0.717, 1.165) is 11.1 Å². The fourth-order valence-corrected chi connectivity index (χ4v) is 3.88. The van der Waals surface area contributed by atoms with Crippen LogP contribution in [0.2, 0.25) is 0 Å². The average Bonchev–Trinajstić information content (AvgIpc) is 3.47. The van der Waals surface area contributed by atoms with Gasteiger partial charge in [-0.15, -0.1) is 10.2 Å². The lowest BCUT2D eigenvalue weighted by molar-refractivity contribution is 0.102. The van der Waals surface area contributed by atoms with Crippen molar-refractivity contribution in [3.05, 3.63) is 88.4 Å². The van der Waals surface area contributed by atoms with Gasteiger partial charge in [-0.2, -0.15) is 0 Å². The van der Waals surface area contributed by atoms with Gasteiger partial charge in [-0.1, -0.05) is 18.2 Å². The lowest BCUT2D eigenvalue weighted by Gasteiger charge is -2.10. The monoisotopic (exact) mass is 483 g/mol. The lowest BCUT2D eigenvalue weighted by Crippen LogP contribution is -2.23. The molecule has 0 fully saturated rings. The number of anilines is 1. The Labute approximate surface area is 207 Å². The maximum Gasteiger partial charge on any atom is 0.419 e. The molecule has 0 bridgehead atoms. The number of hydrogen-bond acceptors (Lipinski definition) is 7. The molecule has 2 heterocycles. The molecular weight excluding hydrogens is 458 g/mol. The van der Waals surface area contributed by atoms with E-state index >= 15 is 0 Å². The summed E-state index contributed by atoms with van der Waals surface area (Å²) in [5.41, 5.74) is 4.78. The Morgan fingerprint density at radius 3 is 2.47 bits per heavy atom. The number of amides is 1. The molecule has 0 saturated heterocycles. The first-order valence-electron chi connectivity index (χ1n) is 11.5. The number of nitrogens with zero attached hydrogens (tertiary/aromatic N) is 4. The van der Waals surface area contributed by atoms with Gasteiger partial charge in [0.2, 0.25) is 11.8 Å². The minimum absolute atomic E-state index is 0.280. The molecule has 0 aliphatic heterocycles. The number of aromatic nitrogens is 3. The Kier molecular flexibility index (Phi) is 6.22. The SMILES string of the molecule is Cc1ccccc1-c1nnc(-c2ccc(C(=O)Nc3ccc4oc(=O)n(CCN(C)C)c4c3)cc2)o1. The second-order valence-corrected chi connectivity index (χ2v) is 8.76. The van der Waals surface area contributed by atoms with E-state index in [1.165, 1.54) is 0 Å². The van der Waals surface area contributed by atoms with Gasteiger partial charge in [-0.3, -0.25) is 9.36 Å². The van der Waals surface area contributed by atoms with Crippen LogP contribution in [0, 0.1) is 6.92 Å². The highest BCUT2D eigenvalue weighted by molar-refractivity contribution is 6.05. The highest BCUT2D eigenvalue weighted by Crippen LogP contribution is 2.26. The van der Waals surface area contributed by atoms with Crippen LogP contribution in [0.3, 0.4) is 0 Å². The summed E-state index contributed by atoms with van der Waals surface area (Å²) in [7, 11) is 3.87. The molecule has 0 atom stereocenters. The summed E-state index contributed by atoms with van der Waals surface area (Å²) in [6.07, 6.45) is 0. The van der Waals surface area contributed by atoms with Crippen molar-refractivity contribution in [1.82, 2.24) is 19.7 Å². The molecule has 0 aliphatic rings. The van der Waals surface area contributed by atoms with Crippen molar-refractivity contribution in [1.29, 1.82) is 0 Å². The van der Waals surface area contributed by atoms with E-state index < -0.39 is 5.76 Å². The number of hydrogen-bond donors (Lipinski definition) is 1. The maximum absolute atomic E-state index is 12.9. The Morgan fingerprint density at radius 1 is 0.972 bits per heavy atom. The summed E-state index contributed by atoms with van der Waals surface area (Å²) >= 11 is 0. The largest absolute Gasteiger partial charge is 0.419 e. The fraction of sp³-hybridized carbons (Fsp3) is 0.185. The van der Waals surface area contributed by atoms with Gasteiger partial charge in [0.15, 0.2) is 5.58 Å². The second-order valence-electron chi connectivity index (χ2n) is 8.76. The normalized spacial score (nSPS) is 11.3. The standard InChI is InChI=1S/C27H25N5O4/c1-17-6-4-5-7-21(17)26-30-29-25(36-26)19-10-8-18(9-11-19)24(33)28-20-12-13-23-22(16-20)32(27(34)35-23)15-14-31(2)3/h4-13,16H,14-15H2,1-3H3,(H,28,33). The molecule has 9 heteroatoms. The molecule has 1 amide bonds. The molecule has 2 aromatic heterocycles. The zero-order valence-electron chi connectivity index (χ0n) is 20.2. The van der Waals surface area contributed by atoms with Crippen molar-refractivity contribution in [3.63, 3.8) is 0 Å². The number of carbonyl (C=O) groups excluding carboxylic acids is 1. The molecule has 5 rings (SSSR count). The van der Waals surface area contributed by atoms with Crippen molar-refractivity contribution in [2.24, 2.45) is 0 Å². The van der Waals surface area contributed by atoms with E-state index in [-0.39, 0.29) is 5.91 Å². The Hall–Kier alpha value is -4.50. The molecule has 0 spiro atoms. The zero-order chi connectivity index (χ0) is 25.2. The third-order valence-corrected chi connectivity index (χ3v) is 5.89. The zero-order valence-corrected chi connectivity index (χ0v) is 20.2. The van der Waals surface area contributed by atoms with Crippen LogP contribution in [0.1, 0.15) is 15.9 Å². The minimum Gasteiger partial charge on any atom is -0.416 e. The number of benzene rings is 3. The molecule has 182 valence electrons. The molecular formula is C27H25N5O4. The highest BCUT2D eigenvalue weighted by Gasteiger charge is 2.15. The van der Waals surface area contributed by atoms with Gasteiger partial charge in [0.1, 0.15) is 0 Å². The molecule has 9 nitrogen and oxygen atoms in total. The van der Waals surface area contributed by atoms with Crippen molar-refractivity contribution >= 4 is 22.7 Å². The maximum atomic E-state index is 12.9. The minimum atomic E-state index is -0.419. The summed E-state index contributed by atoms with van der Waals surface area (Å²) in [6.45, 7) is 3.16. The number of aryl methyl sites for hydroxylation is 1. The van der Waals surface area contributed by atoms with Crippen LogP contribution >= 0.6 is 0 Å². The Bertz CT molecular complexity index is 1590. The summed E-state index contributed by atoms with van der Waals surface area (Å²) in [6, 6.07) is 19.9. The number of likely N-dealkylation sites (N-methyl/N-ethyl adjacent to an activating group) is 1. The smallest absolute Gasteiger partial charge is 0.416 e. The molecule has 1 N–H and O–H groups in total. The molecule has 36 heavy (non-hydrogen) atoms. The summed E-state index contributed by atoms with van der Waals surface area (Å²) in [5, 5.41) is 11.2. The molecule has 0 unspecified atom stereocenters. The van der Waals surface area contributed by atoms with E-state index in [1.54, 1.807) is 47.0 Å². The summed E-state index contributed by atoms with van der Waals surface area (Å²) in [4.78, 5) is 27.1. The van der Waals surface area contributed by atoms with Gasteiger partial charge in [-0.25, -0.2) is 4.79 Å². The summed E-state index contributed by atoms with van der Waals surface area (Å²) in [5.74, 6) is 0.125. The molecule has 5 aromatic rings. The van der Waals surface area contributed by atoms with Crippen molar-refractivity contribution in [2.75, 3.05) is 26.0 Å². The van der Waals surface area contributed by atoms with Crippen molar-refractivity contribution in [3.8, 4) is 22.9 Å². The quantitative estimate of drug-likeness (QED) is 0.365. The summed E-state index contributed by atoms with van der Waals surface area (Å²) < 4.78 is 12.7. The first-order chi connectivity index (χ1) is 17.4. The second kappa shape index (κ2) is 9.63. The number of nitrogens with one attached hydrogen (secondary N) is 1. The van der Waals surface area contributed by atoms with E-state index in [9.17, 15) is 9.59 Å². The van der Waals surface area contributed by atoms with Gasteiger partial charge < -0.3 is 19.1 Å². The average molecular weight is 484 g/mol. The first kappa shape index (κ1) is 23.3. The number of rotatable bonds is 7. The van der Waals surface area contributed by atoms with Crippen molar-refractivity contribution < 1.29 is 13.6 Å². The fourth-order valence-electron chi connectivity index (χ4n) is 3.88. The van der Waals surface area contributed by atoms with E-state index in [4.69, 9.17) is 8.83 Å². The van der Waals surface area contributed by atoms with Crippen LogP contribution in [0.4, 0.5) is 5.69 Å². The van der Waals surface area contributed by atoms with Crippen LogP contribution in [0.25, 0.3) is 34.0 Å². The van der Waals surface area contributed by atoms with E-state index in [1.807, 2.05) is 50.2 Å². The van der Waals surface area contributed by atoms with Crippen LogP contribution < -0.4 is 11.1 Å². The molecule has 3 aromatic carbocycles. The van der Waals surface area contributed by atoms with Gasteiger partial charge in [0, 0.05) is 35.5 Å². The van der Waals surface area contributed by atoms with Crippen LogP contribution in [0.5, 0.6) is 0 Å². The molecule has 0 aliphatic carbocycles. The Balaban J connectivity index is 1.32.